The van der Waals surface area contributed by atoms with Gasteiger partial charge in [-0.05, 0) is 32.1 Å². The maximum absolute atomic E-state index is 11.0. The number of fused-ring (bicyclic) bond motifs is 1. The highest BCUT2D eigenvalue weighted by Gasteiger charge is 2.34. The number of carboxylic acids is 1. The Balaban J connectivity index is 1.81. The lowest BCUT2D eigenvalue weighted by Gasteiger charge is -2.12. The monoisotopic (exact) mass is 249 g/mol. The molecule has 1 aliphatic carbocycles. The lowest BCUT2D eigenvalue weighted by molar-refractivity contribution is -0.141. The van der Waals surface area contributed by atoms with Crippen LogP contribution < -0.4 is 0 Å². The van der Waals surface area contributed by atoms with E-state index < -0.39 is 5.97 Å². The van der Waals surface area contributed by atoms with Crippen LogP contribution >= 0.6 is 0 Å². The Morgan fingerprint density at radius 3 is 2.89 bits per heavy atom. The fraction of sp³-hybridized carbons (Fsp3) is 0.769. The quantitative estimate of drug-likeness (QED) is 0.870. The average molecular weight is 249 g/mol. The van der Waals surface area contributed by atoms with Crippen molar-refractivity contribution in [1.29, 1.82) is 0 Å². The standard InChI is InChI=1S/C13H19N3O2/c17-13(18)10-6-5-9(8-10)12-15-14-11-4-2-1-3-7-16(11)12/h9-10H,1-8H2,(H,17,18). The molecule has 2 heterocycles. The lowest BCUT2D eigenvalue weighted by Crippen LogP contribution is -2.12. The summed E-state index contributed by atoms with van der Waals surface area (Å²) in [5, 5.41) is 17.7. The smallest absolute Gasteiger partial charge is 0.306 e. The second-order valence-corrected chi connectivity index (χ2v) is 5.48. The van der Waals surface area contributed by atoms with Crippen LogP contribution in [0.1, 0.15) is 56.1 Å². The van der Waals surface area contributed by atoms with Crippen LogP contribution in [0, 0.1) is 5.92 Å². The van der Waals surface area contributed by atoms with Gasteiger partial charge < -0.3 is 9.67 Å². The summed E-state index contributed by atoms with van der Waals surface area (Å²) in [5.41, 5.74) is 0. The number of aryl methyl sites for hydroxylation is 1. The topological polar surface area (TPSA) is 68.0 Å². The molecule has 0 bridgehead atoms. The molecule has 1 fully saturated rings. The van der Waals surface area contributed by atoms with Crippen LogP contribution in [0.5, 0.6) is 0 Å². The molecule has 0 amide bonds. The number of aliphatic carboxylic acids is 1. The Morgan fingerprint density at radius 1 is 1.22 bits per heavy atom. The van der Waals surface area contributed by atoms with Crippen LogP contribution in [0.15, 0.2) is 0 Å². The third-order valence-corrected chi connectivity index (χ3v) is 4.29. The second kappa shape index (κ2) is 4.71. The number of aromatic nitrogens is 3. The Morgan fingerprint density at radius 2 is 2.11 bits per heavy atom. The van der Waals surface area contributed by atoms with Crippen LogP contribution in [0.3, 0.4) is 0 Å². The van der Waals surface area contributed by atoms with Crippen molar-refractivity contribution in [2.45, 2.75) is 57.4 Å². The molecule has 18 heavy (non-hydrogen) atoms. The molecule has 0 radical (unpaired) electrons. The maximum Gasteiger partial charge on any atom is 0.306 e. The van der Waals surface area contributed by atoms with Crippen molar-refractivity contribution >= 4 is 5.97 Å². The minimum absolute atomic E-state index is 0.186. The summed E-state index contributed by atoms with van der Waals surface area (Å²) in [6.07, 6.45) is 7.10. The molecule has 1 N–H and O–H groups in total. The minimum Gasteiger partial charge on any atom is -0.481 e. The van der Waals surface area contributed by atoms with Crippen molar-refractivity contribution in [3.05, 3.63) is 11.6 Å². The van der Waals surface area contributed by atoms with E-state index in [1.807, 2.05) is 0 Å². The van der Waals surface area contributed by atoms with Crippen LogP contribution in [0.2, 0.25) is 0 Å². The zero-order valence-corrected chi connectivity index (χ0v) is 10.5. The first-order valence-corrected chi connectivity index (χ1v) is 6.90. The Bertz CT molecular complexity index is 455. The number of carbonyl (C=O) groups is 1. The molecule has 1 saturated carbocycles. The summed E-state index contributed by atoms with van der Waals surface area (Å²) in [6, 6.07) is 0. The van der Waals surface area contributed by atoms with Gasteiger partial charge in [0.2, 0.25) is 0 Å². The van der Waals surface area contributed by atoms with E-state index in [4.69, 9.17) is 5.11 Å². The zero-order chi connectivity index (χ0) is 12.5. The van der Waals surface area contributed by atoms with E-state index in [1.54, 1.807) is 0 Å². The molecule has 2 unspecified atom stereocenters. The lowest BCUT2D eigenvalue weighted by atomic mass is 10.0. The molecule has 1 aliphatic heterocycles. The van der Waals surface area contributed by atoms with Gasteiger partial charge in [0.05, 0.1) is 5.92 Å². The summed E-state index contributed by atoms with van der Waals surface area (Å²) in [5.74, 6) is 1.59. The van der Waals surface area contributed by atoms with Gasteiger partial charge in [0.25, 0.3) is 0 Å². The molecule has 5 nitrogen and oxygen atoms in total. The largest absolute Gasteiger partial charge is 0.481 e. The van der Waals surface area contributed by atoms with E-state index in [2.05, 4.69) is 14.8 Å². The summed E-state index contributed by atoms with van der Waals surface area (Å²) in [7, 11) is 0. The molecular weight excluding hydrogens is 230 g/mol. The van der Waals surface area contributed by atoms with E-state index in [9.17, 15) is 4.79 Å². The summed E-state index contributed by atoms with van der Waals surface area (Å²) in [4.78, 5) is 11.0. The molecule has 0 spiro atoms. The highest BCUT2D eigenvalue weighted by molar-refractivity contribution is 5.70. The third-order valence-electron chi connectivity index (χ3n) is 4.29. The fourth-order valence-electron chi connectivity index (χ4n) is 3.25. The van der Waals surface area contributed by atoms with Gasteiger partial charge in [-0.25, -0.2) is 0 Å². The van der Waals surface area contributed by atoms with Gasteiger partial charge in [-0.1, -0.05) is 6.42 Å². The van der Waals surface area contributed by atoms with Crippen LogP contribution in [-0.4, -0.2) is 25.8 Å². The Labute approximate surface area is 106 Å². The van der Waals surface area contributed by atoms with E-state index in [0.717, 1.165) is 43.9 Å². The highest BCUT2D eigenvalue weighted by Crippen LogP contribution is 2.38. The summed E-state index contributed by atoms with van der Waals surface area (Å²) < 4.78 is 2.25. The van der Waals surface area contributed by atoms with Crippen molar-refractivity contribution < 1.29 is 9.90 Å². The number of nitrogens with zero attached hydrogens (tertiary/aromatic N) is 3. The molecular formula is C13H19N3O2. The number of carboxylic acid groups (broad SMARTS) is 1. The van der Waals surface area contributed by atoms with Gasteiger partial charge >= 0.3 is 5.97 Å². The predicted octanol–water partition coefficient (Wildman–Crippen LogP) is 1.97. The Hall–Kier alpha value is -1.39. The van der Waals surface area contributed by atoms with Gasteiger partial charge in [-0.2, -0.15) is 0 Å². The molecule has 0 aromatic carbocycles. The second-order valence-electron chi connectivity index (χ2n) is 5.48. The molecule has 1 aromatic heterocycles. The molecule has 2 atom stereocenters. The van der Waals surface area contributed by atoms with E-state index in [-0.39, 0.29) is 5.92 Å². The van der Waals surface area contributed by atoms with E-state index in [0.29, 0.717) is 5.92 Å². The average Bonchev–Trinajstić information content (AvgIpc) is 2.91. The maximum atomic E-state index is 11.0. The van der Waals surface area contributed by atoms with Crippen LogP contribution in [0.25, 0.3) is 0 Å². The van der Waals surface area contributed by atoms with Gasteiger partial charge in [0.15, 0.2) is 0 Å². The SMILES string of the molecule is O=C(O)C1CCC(c2nnc3n2CCCCC3)C1. The first-order chi connectivity index (χ1) is 8.75. The normalized spacial score (nSPS) is 27.8. The minimum atomic E-state index is -0.659. The highest BCUT2D eigenvalue weighted by atomic mass is 16.4. The molecule has 5 heteroatoms. The number of hydrogen-bond donors (Lipinski definition) is 1. The predicted molar refractivity (Wildman–Crippen MR) is 65.3 cm³/mol. The molecule has 0 saturated heterocycles. The first-order valence-electron chi connectivity index (χ1n) is 6.90. The first kappa shape index (κ1) is 11.7. The van der Waals surface area contributed by atoms with Crippen molar-refractivity contribution in [3.8, 4) is 0 Å². The van der Waals surface area contributed by atoms with Gasteiger partial charge in [0.1, 0.15) is 11.6 Å². The number of rotatable bonds is 2. The van der Waals surface area contributed by atoms with Gasteiger partial charge in [-0.3, -0.25) is 4.79 Å². The van der Waals surface area contributed by atoms with Crippen molar-refractivity contribution in [2.24, 2.45) is 5.92 Å². The third kappa shape index (κ3) is 2.02. The Kier molecular flexibility index (Phi) is 3.06. The van der Waals surface area contributed by atoms with Crippen molar-refractivity contribution in [3.63, 3.8) is 0 Å². The zero-order valence-electron chi connectivity index (χ0n) is 10.5. The van der Waals surface area contributed by atoms with Crippen molar-refractivity contribution in [2.75, 3.05) is 0 Å². The van der Waals surface area contributed by atoms with Crippen molar-refractivity contribution in [1.82, 2.24) is 14.8 Å². The fourth-order valence-corrected chi connectivity index (χ4v) is 3.25. The van der Waals surface area contributed by atoms with Gasteiger partial charge in [0, 0.05) is 18.9 Å². The molecule has 98 valence electrons. The van der Waals surface area contributed by atoms with E-state index >= 15 is 0 Å². The van der Waals surface area contributed by atoms with Crippen LogP contribution in [0.4, 0.5) is 0 Å². The molecule has 2 aliphatic rings. The van der Waals surface area contributed by atoms with Crippen LogP contribution in [-0.2, 0) is 17.8 Å². The van der Waals surface area contributed by atoms with Gasteiger partial charge in [-0.15, -0.1) is 10.2 Å². The molecule has 3 rings (SSSR count). The molecule has 1 aromatic rings. The van der Waals surface area contributed by atoms with E-state index in [1.165, 1.54) is 19.3 Å². The summed E-state index contributed by atoms with van der Waals surface area (Å²) in [6.45, 7) is 1.01. The number of hydrogen-bond acceptors (Lipinski definition) is 3. The summed E-state index contributed by atoms with van der Waals surface area (Å²) >= 11 is 0.